The third kappa shape index (κ3) is 2.21. The van der Waals surface area contributed by atoms with Crippen LogP contribution in [0.1, 0.15) is 28.3 Å². The Morgan fingerprint density at radius 2 is 1.71 bits per heavy atom. The Bertz CT molecular complexity index is 814. The lowest BCUT2D eigenvalue weighted by molar-refractivity contribution is 0.0965. The van der Waals surface area contributed by atoms with Gasteiger partial charge in [0.15, 0.2) is 5.78 Å². The SMILES string of the molecule is O=C(c1ccc2nccnc2c1)C1CC1c1ccccc1. The molecule has 0 spiro atoms. The van der Waals surface area contributed by atoms with Gasteiger partial charge in [-0.2, -0.15) is 0 Å². The maximum absolute atomic E-state index is 12.6. The summed E-state index contributed by atoms with van der Waals surface area (Å²) in [5, 5.41) is 0. The molecule has 1 aromatic heterocycles. The van der Waals surface area contributed by atoms with Crippen molar-refractivity contribution in [1.29, 1.82) is 0 Å². The van der Waals surface area contributed by atoms with E-state index in [2.05, 4.69) is 22.1 Å². The number of benzene rings is 2. The molecule has 4 rings (SSSR count). The zero-order valence-electron chi connectivity index (χ0n) is 11.4. The minimum Gasteiger partial charge on any atom is -0.294 e. The molecule has 0 N–H and O–H groups in total. The van der Waals surface area contributed by atoms with Gasteiger partial charge in [-0.25, -0.2) is 0 Å². The number of nitrogens with zero attached hydrogens (tertiary/aromatic N) is 2. The van der Waals surface area contributed by atoms with Crippen LogP contribution < -0.4 is 0 Å². The topological polar surface area (TPSA) is 42.9 Å². The number of Topliss-reactive ketones (excluding diaryl/α,β-unsaturated/α-hetero) is 1. The molecule has 0 aliphatic heterocycles. The Balaban J connectivity index is 1.60. The summed E-state index contributed by atoms with van der Waals surface area (Å²) >= 11 is 0. The second-order valence-electron chi connectivity index (χ2n) is 5.48. The predicted molar refractivity (Wildman–Crippen MR) is 81.2 cm³/mol. The van der Waals surface area contributed by atoms with Crippen LogP contribution in [0.15, 0.2) is 60.9 Å². The van der Waals surface area contributed by atoms with Crippen molar-refractivity contribution >= 4 is 16.8 Å². The second kappa shape index (κ2) is 4.77. The highest BCUT2D eigenvalue weighted by Crippen LogP contribution is 2.49. The first kappa shape index (κ1) is 12.2. The van der Waals surface area contributed by atoms with E-state index in [1.54, 1.807) is 12.4 Å². The number of rotatable bonds is 3. The number of aromatic nitrogens is 2. The Labute approximate surface area is 122 Å². The molecule has 1 heterocycles. The quantitative estimate of drug-likeness (QED) is 0.685. The van der Waals surface area contributed by atoms with Crippen molar-refractivity contribution in [3.8, 4) is 0 Å². The molecule has 2 aromatic carbocycles. The predicted octanol–water partition coefficient (Wildman–Crippen LogP) is 3.62. The van der Waals surface area contributed by atoms with E-state index in [-0.39, 0.29) is 11.7 Å². The van der Waals surface area contributed by atoms with Crippen LogP contribution in [-0.4, -0.2) is 15.8 Å². The number of hydrogen-bond donors (Lipinski definition) is 0. The van der Waals surface area contributed by atoms with Gasteiger partial charge >= 0.3 is 0 Å². The third-order valence-corrected chi connectivity index (χ3v) is 4.11. The van der Waals surface area contributed by atoms with Gasteiger partial charge in [0.2, 0.25) is 0 Å². The van der Waals surface area contributed by atoms with E-state index in [0.29, 0.717) is 5.92 Å². The lowest BCUT2D eigenvalue weighted by atomic mass is 10.0. The third-order valence-electron chi connectivity index (χ3n) is 4.11. The van der Waals surface area contributed by atoms with E-state index in [0.717, 1.165) is 23.0 Å². The van der Waals surface area contributed by atoms with Crippen molar-refractivity contribution in [1.82, 2.24) is 9.97 Å². The molecule has 0 bridgehead atoms. The molecular weight excluding hydrogens is 260 g/mol. The molecule has 21 heavy (non-hydrogen) atoms. The molecular formula is C18H14N2O. The summed E-state index contributed by atoms with van der Waals surface area (Å²) < 4.78 is 0. The van der Waals surface area contributed by atoms with Crippen LogP contribution in [0.4, 0.5) is 0 Å². The number of hydrogen-bond acceptors (Lipinski definition) is 3. The summed E-state index contributed by atoms with van der Waals surface area (Å²) in [6.45, 7) is 0. The minimum atomic E-state index is 0.113. The lowest BCUT2D eigenvalue weighted by Gasteiger charge is -2.02. The van der Waals surface area contributed by atoms with Gasteiger partial charge in [0.25, 0.3) is 0 Å². The maximum Gasteiger partial charge on any atom is 0.166 e. The maximum atomic E-state index is 12.6. The zero-order chi connectivity index (χ0) is 14.2. The van der Waals surface area contributed by atoms with E-state index < -0.39 is 0 Å². The van der Waals surface area contributed by atoms with E-state index in [1.807, 2.05) is 36.4 Å². The van der Waals surface area contributed by atoms with Gasteiger partial charge in [0.1, 0.15) is 0 Å². The summed E-state index contributed by atoms with van der Waals surface area (Å²) in [4.78, 5) is 21.1. The number of carbonyl (C=O) groups is 1. The Morgan fingerprint density at radius 1 is 0.952 bits per heavy atom. The first-order chi connectivity index (χ1) is 10.3. The van der Waals surface area contributed by atoms with E-state index in [9.17, 15) is 4.79 Å². The van der Waals surface area contributed by atoms with Crippen molar-refractivity contribution < 1.29 is 4.79 Å². The molecule has 1 fully saturated rings. The fraction of sp³-hybridized carbons (Fsp3) is 0.167. The fourth-order valence-corrected chi connectivity index (χ4v) is 2.88. The summed E-state index contributed by atoms with van der Waals surface area (Å²) in [6, 6.07) is 15.8. The van der Waals surface area contributed by atoms with Crippen LogP contribution in [0.5, 0.6) is 0 Å². The molecule has 1 aliphatic rings. The van der Waals surface area contributed by atoms with Crippen molar-refractivity contribution in [2.75, 3.05) is 0 Å². The average molecular weight is 274 g/mol. The molecule has 2 atom stereocenters. The number of ketones is 1. The summed E-state index contributed by atoms with van der Waals surface area (Å²) in [7, 11) is 0. The molecule has 0 saturated heterocycles. The van der Waals surface area contributed by atoms with Crippen molar-refractivity contribution in [3.63, 3.8) is 0 Å². The molecule has 3 nitrogen and oxygen atoms in total. The largest absolute Gasteiger partial charge is 0.294 e. The van der Waals surface area contributed by atoms with E-state index >= 15 is 0 Å². The number of carbonyl (C=O) groups excluding carboxylic acids is 1. The smallest absolute Gasteiger partial charge is 0.166 e. The number of fused-ring (bicyclic) bond motifs is 1. The van der Waals surface area contributed by atoms with Gasteiger partial charge in [0, 0.05) is 23.9 Å². The minimum absolute atomic E-state index is 0.113. The highest BCUT2D eigenvalue weighted by molar-refractivity contribution is 6.02. The molecule has 102 valence electrons. The van der Waals surface area contributed by atoms with E-state index in [4.69, 9.17) is 0 Å². The van der Waals surface area contributed by atoms with E-state index in [1.165, 1.54) is 5.56 Å². The molecule has 3 heteroatoms. The fourth-order valence-electron chi connectivity index (χ4n) is 2.88. The highest BCUT2D eigenvalue weighted by atomic mass is 16.1. The molecule has 1 saturated carbocycles. The standard InChI is InChI=1S/C18H14N2O/c21-18(15-11-14(15)12-4-2-1-3-5-12)13-6-7-16-17(10-13)20-9-8-19-16/h1-10,14-15H,11H2. The van der Waals surface area contributed by atoms with Crippen LogP contribution in [-0.2, 0) is 0 Å². The highest BCUT2D eigenvalue weighted by Gasteiger charge is 2.43. The van der Waals surface area contributed by atoms with Crippen LogP contribution in [0, 0.1) is 5.92 Å². The normalized spacial score (nSPS) is 20.4. The van der Waals surface area contributed by atoms with Gasteiger partial charge in [-0.1, -0.05) is 30.3 Å². The van der Waals surface area contributed by atoms with Crippen molar-refractivity contribution in [3.05, 3.63) is 72.1 Å². The Kier molecular flexibility index (Phi) is 2.78. The van der Waals surface area contributed by atoms with Crippen molar-refractivity contribution in [2.45, 2.75) is 12.3 Å². The van der Waals surface area contributed by atoms with Crippen LogP contribution in [0.25, 0.3) is 11.0 Å². The summed E-state index contributed by atoms with van der Waals surface area (Å²) in [5.41, 5.74) is 3.60. The van der Waals surface area contributed by atoms with Crippen molar-refractivity contribution in [2.24, 2.45) is 5.92 Å². The Hall–Kier alpha value is -2.55. The van der Waals surface area contributed by atoms with Crippen LogP contribution in [0.3, 0.4) is 0 Å². The lowest BCUT2D eigenvalue weighted by Crippen LogP contribution is -2.03. The Morgan fingerprint density at radius 3 is 2.52 bits per heavy atom. The first-order valence-corrected chi connectivity index (χ1v) is 7.13. The van der Waals surface area contributed by atoms with Gasteiger partial charge in [-0.05, 0) is 36.1 Å². The first-order valence-electron chi connectivity index (χ1n) is 7.13. The summed E-state index contributed by atoms with van der Waals surface area (Å²) in [6.07, 6.45) is 4.26. The zero-order valence-corrected chi connectivity index (χ0v) is 11.4. The molecule has 0 amide bonds. The van der Waals surface area contributed by atoms with Crippen LogP contribution in [0.2, 0.25) is 0 Å². The monoisotopic (exact) mass is 274 g/mol. The molecule has 0 radical (unpaired) electrons. The van der Waals surface area contributed by atoms with Crippen LogP contribution >= 0.6 is 0 Å². The summed E-state index contributed by atoms with van der Waals surface area (Å²) in [5.74, 6) is 0.703. The molecule has 1 aliphatic carbocycles. The van der Waals surface area contributed by atoms with Gasteiger partial charge in [0.05, 0.1) is 11.0 Å². The van der Waals surface area contributed by atoms with Gasteiger partial charge in [-0.3, -0.25) is 14.8 Å². The molecule has 3 aromatic rings. The van der Waals surface area contributed by atoms with Gasteiger partial charge < -0.3 is 0 Å². The molecule has 2 unspecified atom stereocenters. The van der Waals surface area contributed by atoms with Gasteiger partial charge in [-0.15, -0.1) is 0 Å². The second-order valence-corrected chi connectivity index (χ2v) is 5.48. The average Bonchev–Trinajstić information content (AvgIpc) is 3.35.